The molecule has 1 heterocycles. The van der Waals surface area contributed by atoms with Crippen molar-refractivity contribution in [3.05, 3.63) is 18.2 Å². The van der Waals surface area contributed by atoms with Crippen LogP contribution in [0.3, 0.4) is 0 Å². The van der Waals surface area contributed by atoms with Crippen LogP contribution in [0.5, 0.6) is 0 Å². The minimum Gasteiger partial charge on any atom is -0.480 e. The molecule has 0 bridgehead atoms. The first-order chi connectivity index (χ1) is 8.90. The molecule has 8 nitrogen and oxygen atoms in total. The zero-order valence-corrected chi connectivity index (χ0v) is 11.0. The van der Waals surface area contributed by atoms with E-state index < -0.39 is 27.3 Å². The molecule has 0 fully saturated rings. The molecule has 3 N–H and O–H groups in total. The smallest absolute Gasteiger partial charge is 0.322 e. The monoisotopic (exact) mass is 286 g/mol. The molecule has 1 aromatic heterocycles. The molecular weight excluding hydrogens is 272 g/mol. The summed E-state index contributed by atoms with van der Waals surface area (Å²) in [4.78, 5) is 17.5. The highest BCUT2D eigenvalue weighted by atomic mass is 32.2. The molecule has 0 aliphatic heterocycles. The number of carbonyl (C=O) groups is 1. The lowest BCUT2D eigenvalue weighted by molar-refractivity contribution is -0.138. The van der Waals surface area contributed by atoms with Gasteiger partial charge in [0.1, 0.15) is 6.04 Å². The summed E-state index contributed by atoms with van der Waals surface area (Å²) < 4.78 is 25.7. The Bertz CT molecular complexity index is 561. The molecule has 9 heteroatoms. The number of imidazole rings is 1. The van der Waals surface area contributed by atoms with Crippen molar-refractivity contribution < 1.29 is 18.3 Å². The van der Waals surface area contributed by atoms with Crippen LogP contribution < -0.4 is 4.72 Å². The second kappa shape index (κ2) is 6.31. The number of hydrogen-bond donors (Lipinski definition) is 3. The van der Waals surface area contributed by atoms with Gasteiger partial charge in [-0.05, 0) is 6.42 Å². The van der Waals surface area contributed by atoms with Gasteiger partial charge in [0.15, 0.2) is 5.25 Å². The summed E-state index contributed by atoms with van der Waals surface area (Å²) in [6.07, 6.45) is 2.79. The van der Waals surface area contributed by atoms with Gasteiger partial charge < -0.3 is 10.1 Å². The van der Waals surface area contributed by atoms with Gasteiger partial charge in [0.25, 0.3) is 0 Å². The Morgan fingerprint density at radius 1 is 1.68 bits per heavy atom. The predicted molar refractivity (Wildman–Crippen MR) is 65.5 cm³/mol. The Morgan fingerprint density at radius 3 is 2.79 bits per heavy atom. The van der Waals surface area contributed by atoms with E-state index in [2.05, 4.69) is 9.97 Å². The molecule has 0 radical (unpaired) electrons. The minimum atomic E-state index is -4.00. The first-order valence-electron chi connectivity index (χ1n) is 5.51. The second-order valence-electron chi connectivity index (χ2n) is 3.86. The van der Waals surface area contributed by atoms with Crippen LogP contribution in [0.2, 0.25) is 0 Å². The molecule has 0 aliphatic carbocycles. The van der Waals surface area contributed by atoms with E-state index >= 15 is 0 Å². The topological polar surface area (TPSA) is 136 Å². The van der Waals surface area contributed by atoms with E-state index in [0.717, 1.165) is 0 Å². The first kappa shape index (κ1) is 15.1. The second-order valence-corrected chi connectivity index (χ2v) is 5.76. The van der Waals surface area contributed by atoms with Crippen LogP contribution in [0.25, 0.3) is 0 Å². The summed E-state index contributed by atoms with van der Waals surface area (Å²) in [6, 6.07) is 0.292. The summed E-state index contributed by atoms with van der Waals surface area (Å²) >= 11 is 0. The zero-order valence-electron chi connectivity index (χ0n) is 10.2. The molecule has 2 unspecified atom stereocenters. The summed E-state index contributed by atoms with van der Waals surface area (Å²) in [7, 11) is -4.00. The van der Waals surface area contributed by atoms with Crippen LogP contribution in [0.4, 0.5) is 0 Å². The van der Waals surface area contributed by atoms with Crippen molar-refractivity contribution in [1.29, 1.82) is 5.26 Å². The Balaban J connectivity index is 2.85. The molecule has 0 amide bonds. The van der Waals surface area contributed by atoms with E-state index in [-0.39, 0.29) is 12.8 Å². The fourth-order valence-electron chi connectivity index (χ4n) is 1.46. The van der Waals surface area contributed by atoms with Crippen molar-refractivity contribution in [2.24, 2.45) is 0 Å². The third kappa shape index (κ3) is 4.04. The Hall–Kier alpha value is -1.92. The molecule has 0 aromatic carbocycles. The Kier molecular flexibility index (Phi) is 5.02. The van der Waals surface area contributed by atoms with Gasteiger partial charge in [0.05, 0.1) is 12.4 Å². The van der Waals surface area contributed by atoms with Crippen LogP contribution in [0.15, 0.2) is 12.5 Å². The van der Waals surface area contributed by atoms with Crippen LogP contribution in [-0.4, -0.2) is 40.8 Å². The molecular formula is C10H14N4O4S. The number of aromatic amines is 1. The summed E-state index contributed by atoms with van der Waals surface area (Å²) in [5.41, 5.74) is 0.486. The maximum absolute atomic E-state index is 11.8. The van der Waals surface area contributed by atoms with Crippen molar-refractivity contribution in [2.45, 2.75) is 31.1 Å². The van der Waals surface area contributed by atoms with Gasteiger partial charge in [-0.2, -0.15) is 9.98 Å². The number of hydrogen-bond acceptors (Lipinski definition) is 5. The van der Waals surface area contributed by atoms with Crippen molar-refractivity contribution in [1.82, 2.24) is 14.7 Å². The van der Waals surface area contributed by atoms with Crippen LogP contribution in [-0.2, 0) is 21.2 Å². The van der Waals surface area contributed by atoms with Gasteiger partial charge in [0.2, 0.25) is 10.0 Å². The van der Waals surface area contributed by atoms with E-state index in [1.165, 1.54) is 19.4 Å². The number of carboxylic acid groups (broad SMARTS) is 1. The normalized spacial score (nSPS) is 14.5. The van der Waals surface area contributed by atoms with Gasteiger partial charge in [-0.15, -0.1) is 0 Å². The average Bonchev–Trinajstić information content (AvgIpc) is 2.81. The highest BCUT2D eigenvalue weighted by molar-refractivity contribution is 7.90. The lowest BCUT2D eigenvalue weighted by Crippen LogP contribution is -2.45. The quantitative estimate of drug-likeness (QED) is 0.625. The molecule has 1 rings (SSSR count). The number of carboxylic acids is 1. The lowest BCUT2D eigenvalue weighted by Gasteiger charge is -2.16. The molecule has 2 atom stereocenters. The van der Waals surface area contributed by atoms with Crippen LogP contribution >= 0.6 is 0 Å². The van der Waals surface area contributed by atoms with E-state index in [4.69, 9.17) is 10.4 Å². The standard InChI is InChI=1S/C10H14N4O4S/c1-2-8(4-11)19(17,18)14-9(10(15)16)3-7-5-12-6-13-7/h5-6,8-9,14H,2-3H2,1H3,(H,12,13)(H,15,16). The molecule has 0 spiro atoms. The highest BCUT2D eigenvalue weighted by Crippen LogP contribution is 2.07. The van der Waals surface area contributed by atoms with Crippen molar-refractivity contribution in [2.75, 3.05) is 0 Å². The van der Waals surface area contributed by atoms with Gasteiger partial charge in [-0.3, -0.25) is 4.79 Å². The fourth-order valence-corrected chi connectivity index (χ4v) is 2.78. The number of sulfonamides is 1. The van der Waals surface area contributed by atoms with Crippen molar-refractivity contribution >= 4 is 16.0 Å². The van der Waals surface area contributed by atoms with Gasteiger partial charge in [-0.25, -0.2) is 13.4 Å². The summed E-state index contributed by atoms with van der Waals surface area (Å²) in [5, 5.41) is 16.5. The minimum absolute atomic E-state index is 0.0730. The van der Waals surface area contributed by atoms with E-state index in [9.17, 15) is 13.2 Å². The van der Waals surface area contributed by atoms with Gasteiger partial charge in [-0.1, -0.05) is 6.92 Å². The molecule has 0 saturated carbocycles. The maximum Gasteiger partial charge on any atom is 0.322 e. The molecule has 104 valence electrons. The van der Waals surface area contributed by atoms with E-state index in [1.54, 1.807) is 6.07 Å². The van der Waals surface area contributed by atoms with Gasteiger partial charge in [0, 0.05) is 18.3 Å². The average molecular weight is 286 g/mol. The predicted octanol–water partition coefficient (Wildman–Crippen LogP) is -0.373. The lowest BCUT2D eigenvalue weighted by atomic mass is 10.2. The van der Waals surface area contributed by atoms with Crippen molar-refractivity contribution in [3.63, 3.8) is 0 Å². The SMILES string of the molecule is CCC(C#N)S(=O)(=O)NC(Cc1cnc[nH]1)C(=O)O. The molecule has 0 saturated heterocycles. The third-order valence-electron chi connectivity index (χ3n) is 2.47. The Morgan fingerprint density at radius 2 is 2.37 bits per heavy atom. The first-order valence-corrected chi connectivity index (χ1v) is 7.06. The molecule has 0 aliphatic rings. The number of aliphatic carboxylic acids is 1. The largest absolute Gasteiger partial charge is 0.480 e. The fraction of sp³-hybridized carbons (Fsp3) is 0.500. The highest BCUT2D eigenvalue weighted by Gasteiger charge is 2.30. The zero-order chi connectivity index (χ0) is 14.5. The number of nitrogens with zero attached hydrogens (tertiary/aromatic N) is 2. The van der Waals surface area contributed by atoms with E-state index in [1.807, 2.05) is 4.72 Å². The number of nitriles is 1. The van der Waals surface area contributed by atoms with Gasteiger partial charge >= 0.3 is 5.97 Å². The van der Waals surface area contributed by atoms with Crippen LogP contribution in [0.1, 0.15) is 19.0 Å². The molecule has 1 aromatic rings. The Labute approximate surface area is 110 Å². The third-order valence-corrected chi connectivity index (χ3v) is 4.27. The maximum atomic E-state index is 11.8. The number of aromatic nitrogens is 2. The number of H-pyrrole nitrogens is 1. The molecule has 19 heavy (non-hydrogen) atoms. The van der Waals surface area contributed by atoms with E-state index in [0.29, 0.717) is 5.69 Å². The van der Waals surface area contributed by atoms with Crippen molar-refractivity contribution in [3.8, 4) is 6.07 Å². The number of rotatable bonds is 7. The van der Waals surface area contributed by atoms with Crippen LogP contribution in [0, 0.1) is 11.3 Å². The summed E-state index contributed by atoms with van der Waals surface area (Å²) in [6.45, 7) is 1.54. The number of nitrogens with one attached hydrogen (secondary N) is 2. The summed E-state index contributed by atoms with van der Waals surface area (Å²) in [5.74, 6) is -1.31.